The predicted octanol–water partition coefficient (Wildman–Crippen LogP) is 2.29. The van der Waals surface area contributed by atoms with Crippen LogP contribution < -0.4 is 10.6 Å². The highest BCUT2D eigenvalue weighted by Gasteiger charge is 2.24. The van der Waals surface area contributed by atoms with E-state index < -0.39 is 0 Å². The lowest BCUT2D eigenvalue weighted by molar-refractivity contribution is 0.0170. The van der Waals surface area contributed by atoms with Gasteiger partial charge in [0.1, 0.15) is 0 Å². The van der Waals surface area contributed by atoms with E-state index in [4.69, 9.17) is 16.3 Å². The Morgan fingerprint density at radius 2 is 2.00 bits per heavy atom. The molecule has 6 heteroatoms. The largest absolute Gasteiger partial charge is 0.379 e. The molecule has 128 valence electrons. The number of hydrogen-bond acceptors (Lipinski definition) is 3. The smallest absolute Gasteiger partial charge is 0.191 e. The van der Waals surface area contributed by atoms with Crippen molar-refractivity contribution < 1.29 is 4.74 Å². The minimum atomic E-state index is 0.193. The van der Waals surface area contributed by atoms with Crippen LogP contribution in [0.3, 0.4) is 0 Å². The third kappa shape index (κ3) is 5.37. The maximum atomic E-state index is 6.44. The number of nitrogens with zero attached hydrogens (tertiary/aromatic N) is 2. The van der Waals surface area contributed by atoms with Gasteiger partial charge >= 0.3 is 0 Å². The first-order valence-electron chi connectivity index (χ1n) is 8.15. The van der Waals surface area contributed by atoms with E-state index in [-0.39, 0.29) is 6.04 Å². The molecule has 1 atom stereocenters. The van der Waals surface area contributed by atoms with Gasteiger partial charge in [-0.3, -0.25) is 9.89 Å². The summed E-state index contributed by atoms with van der Waals surface area (Å²) in [6, 6.07) is 8.58. The molecule has 0 radical (unpaired) electrons. The summed E-state index contributed by atoms with van der Waals surface area (Å²) in [5.74, 6) is 0.810. The second-order valence-electron chi connectivity index (χ2n) is 5.94. The van der Waals surface area contributed by atoms with Crippen molar-refractivity contribution in [3.05, 3.63) is 34.9 Å². The van der Waals surface area contributed by atoms with Crippen LogP contribution in [0.4, 0.5) is 0 Å². The fourth-order valence-electron chi connectivity index (χ4n) is 2.73. The van der Waals surface area contributed by atoms with Gasteiger partial charge in [0.25, 0.3) is 0 Å². The van der Waals surface area contributed by atoms with E-state index in [1.54, 1.807) is 7.05 Å². The molecular formula is C17H27ClN4O. The second kappa shape index (κ2) is 9.11. The first kappa shape index (κ1) is 18.0. The topological polar surface area (TPSA) is 48.9 Å². The number of nitrogens with one attached hydrogen (secondary N) is 2. The van der Waals surface area contributed by atoms with E-state index >= 15 is 0 Å². The second-order valence-corrected chi connectivity index (χ2v) is 6.35. The van der Waals surface area contributed by atoms with Crippen molar-refractivity contribution >= 4 is 17.6 Å². The van der Waals surface area contributed by atoms with E-state index in [0.29, 0.717) is 6.04 Å². The van der Waals surface area contributed by atoms with Gasteiger partial charge < -0.3 is 15.4 Å². The summed E-state index contributed by atoms with van der Waals surface area (Å²) in [6.07, 6.45) is 0. The molecule has 0 spiro atoms. The molecule has 0 saturated carbocycles. The number of aliphatic imine (C=N–C) groups is 1. The SMILES string of the molecule is CN=C(NCC(c1ccccc1Cl)N1CCOCC1)NC(C)C. The molecular weight excluding hydrogens is 312 g/mol. The number of hydrogen-bond donors (Lipinski definition) is 2. The zero-order valence-electron chi connectivity index (χ0n) is 14.2. The summed E-state index contributed by atoms with van der Waals surface area (Å²) >= 11 is 6.44. The highest BCUT2D eigenvalue weighted by atomic mass is 35.5. The predicted molar refractivity (Wildman–Crippen MR) is 96.2 cm³/mol. The van der Waals surface area contributed by atoms with Crippen LogP contribution in [0.1, 0.15) is 25.5 Å². The van der Waals surface area contributed by atoms with Crippen molar-refractivity contribution in [1.29, 1.82) is 0 Å². The van der Waals surface area contributed by atoms with Crippen molar-refractivity contribution in [3.8, 4) is 0 Å². The molecule has 23 heavy (non-hydrogen) atoms. The quantitative estimate of drug-likeness (QED) is 0.639. The van der Waals surface area contributed by atoms with Crippen LogP contribution in [-0.4, -0.2) is 56.8 Å². The van der Waals surface area contributed by atoms with Crippen molar-refractivity contribution in [2.24, 2.45) is 4.99 Å². The van der Waals surface area contributed by atoms with Crippen molar-refractivity contribution in [2.45, 2.75) is 25.9 Å². The van der Waals surface area contributed by atoms with Gasteiger partial charge in [-0.1, -0.05) is 29.8 Å². The number of benzene rings is 1. The number of guanidine groups is 1. The van der Waals surface area contributed by atoms with Gasteiger partial charge in [-0.2, -0.15) is 0 Å². The minimum absolute atomic E-state index is 0.193. The Kier molecular flexibility index (Phi) is 7.15. The number of morpholine rings is 1. The lowest BCUT2D eigenvalue weighted by Crippen LogP contribution is -2.47. The lowest BCUT2D eigenvalue weighted by Gasteiger charge is -2.35. The third-order valence-corrected chi connectivity index (χ3v) is 4.21. The summed E-state index contributed by atoms with van der Waals surface area (Å²) in [7, 11) is 1.79. The Hall–Kier alpha value is -1.30. The Bertz CT molecular complexity index is 515. The van der Waals surface area contributed by atoms with Crippen LogP contribution >= 0.6 is 11.6 Å². The molecule has 0 aromatic heterocycles. The van der Waals surface area contributed by atoms with Crippen molar-refractivity contribution in [2.75, 3.05) is 39.9 Å². The molecule has 5 nitrogen and oxygen atoms in total. The van der Waals surface area contributed by atoms with Crippen LogP contribution in [0.5, 0.6) is 0 Å². The molecule has 1 fully saturated rings. The summed E-state index contributed by atoms with van der Waals surface area (Å²) in [6.45, 7) is 8.29. The van der Waals surface area contributed by atoms with Crippen LogP contribution in [0, 0.1) is 0 Å². The molecule has 0 aliphatic carbocycles. The summed E-state index contributed by atoms with van der Waals surface area (Å²) in [5, 5.41) is 7.54. The van der Waals surface area contributed by atoms with Gasteiger partial charge in [0.2, 0.25) is 0 Å². The lowest BCUT2D eigenvalue weighted by atomic mass is 10.0. The maximum absolute atomic E-state index is 6.44. The minimum Gasteiger partial charge on any atom is -0.379 e. The van der Waals surface area contributed by atoms with Crippen LogP contribution in [-0.2, 0) is 4.74 Å². The normalized spacial score (nSPS) is 18.0. The first-order valence-corrected chi connectivity index (χ1v) is 8.53. The zero-order valence-corrected chi connectivity index (χ0v) is 14.9. The zero-order chi connectivity index (χ0) is 16.7. The molecule has 0 bridgehead atoms. The number of ether oxygens (including phenoxy) is 1. The Morgan fingerprint density at radius 3 is 2.61 bits per heavy atom. The first-order chi connectivity index (χ1) is 11.1. The highest BCUT2D eigenvalue weighted by molar-refractivity contribution is 6.31. The molecule has 1 aromatic carbocycles. The van der Waals surface area contributed by atoms with Gasteiger partial charge in [-0.15, -0.1) is 0 Å². The average Bonchev–Trinajstić information content (AvgIpc) is 2.56. The fraction of sp³-hybridized carbons (Fsp3) is 0.588. The van der Waals surface area contributed by atoms with E-state index in [1.165, 1.54) is 0 Å². The third-order valence-electron chi connectivity index (χ3n) is 3.86. The Labute approximate surface area is 144 Å². The molecule has 2 N–H and O–H groups in total. The molecule has 1 aromatic rings. The van der Waals surface area contributed by atoms with Gasteiger partial charge in [-0.25, -0.2) is 0 Å². The maximum Gasteiger partial charge on any atom is 0.191 e. The van der Waals surface area contributed by atoms with E-state index in [2.05, 4.69) is 40.4 Å². The van der Waals surface area contributed by atoms with E-state index in [0.717, 1.165) is 49.4 Å². The average molecular weight is 339 g/mol. The Morgan fingerprint density at radius 1 is 1.30 bits per heavy atom. The van der Waals surface area contributed by atoms with Gasteiger partial charge in [-0.05, 0) is 25.5 Å². The van der Waals surface area contributed by atoms with Crippen LogP contribution in [0.2, 0.25) is 5.02 Å². The molecule has 1 unspecified atom stereocenters. The van der Waals surface area contributed by atoms with E-state index in [9.17, 15) is 0 Å². The standard InChI is InChI=1S/C17H27ClN4O/c1-13(2)21-17(19-3)20-12-16(22-8-10-23-11-9-22)14-6-4-5-7-15(14)18/h4-7,13,16H,8-12H2,1-3H3,(H2,19,20,21). The molecule has 1 aliphatic rings. The highest BCUT2D eigenvalue weighted by Crippen LogP contribution is 2.27. The van der Waals surface area contributed by atoms with E-state index in [1.807, 2.05) is 18.2 Å². The van der Waals surface area contributed by atoms with Gasteiger partial charge in [0.05, 0.1) is 19.3 Å². The van der Waals surface area contributed by atoms with Gasteiger partial charge in [0, 0.05) is 37.7 Å². The monoisotopic (exact) mass is 338 g/mol. The summed E-state index contributed by atoms with van der Waals surface area (Å²) < 4.78 is 5.48. The van der Waals surface area contributed by atoms with Gasteiger partial charge in [0.15, 0.2) is 5.96 Å². The van der Waals surface area contributed by atoms with Crippen molar-refractivity contribution in [1.82, 2.24) is 15.5 Å². The van der Waals surface area contributed by atoms with Crippen LogP contribution in [0.25, 0.3) is 0 Å². The van der Waals surface area contributed by atoms with Crippen molar-refractivity contribution in [3.63, 3.8) is 0 Å². The molecule has 1 aliphatic heterocycles. The summed E-state index contributed by atoms with van der Waals surface area (Å²) in [4.78, 5) is 6.70. The number of rotatable bonds is 5. The summed E-state index contributed by atoms with van der Waals surface area (Å²) in [5.41, 5.74) is 1.14. The molecule has 0 amide bonds. The van der Waals surface area contributed by atoms with Crippen LogP contribution in [0.15, 0.2) is 29.3 Å². The Balaban J connectivity index is 2.12. The molecule has 2 rings (SSSR count). The molecule has 1 heterocycles. The fourth-order valence-corrected chi connectivity index (χ4v) is 2.99. The molecule has 1 saturated heterocycles. The number of halogens is 1.